The van der Waals surface area contributed by atoms with Crippen molar-refractivity contribution in [2.45, 2.75) is 13.5 Å². The second-order valence-electron chi connectivity index (χ2n) is 4.35. The molecule has 0 saturated heterocycles. The molecule has 0 aliphatic rings. The molecule has 0 aliphatic carbocycles. The standard InChI is InChI=1S/C13H13FN4S/c1-7-12(19-11(6-15)16-7)13-17-9-4-3-8(14)5-10(9)18(13)2/h3-5H,6,15H2,1-2H3. The first-order valence-electron chi connectivity index (χ1n) is 5.89. The van der Waals surface area contributed by atoms with Gasteiger partial charge in [-0.15, -0.1) is 11.3 Å². The quantitative estimate of drug-likeness (QED) is 0.782. The number of rotatable bonds is 2. The molecule has 0 amide bonds. The SMILES string of the molecule is Cc1nc(CN)sc1-c1nc2ccc(F)cc2n1C. The molecule has 0 fully saturated rings. The Bertz CT molecular complexity index is 759. The van der Waals surface area contributed by atoms with E-state index in [0.29, 0.717) is 6.54 Å². The topological polar surface area (TPSA) is 56.7 Å². The van der Waals surface area contributed by atoms with Crippen molar-refractivity contribution in [3.05, 3.63) is 34.7 Å². The molecule has 0 bridgehead atoms. The lowest BCUT2D eigenvalue weighted by molar-refractivity contribution is 0.629. The molecule has 2 N–H and O–H groups in total. The summed E-state index contributed by atoms with van der Waals surface area (Å²) in [7, 11) is 1.88. The van der Waals surface area contributed by atoms with Crippen molar-refractivity contribution >= 4 is 22.4 Å². The van der Waals surface area contributed by atoms with Crippen molar-refractivity contribution in [3.8, 4) is 10.7 Å². The van der Waals surface area contributed by atoms with Gasteiger partial charge in [-0.1, -0.05) is 0 Å². The third-order valence-corrected chi connectivity index (χ3v) is 4.24. The Hall–Kier alpha value is -1.79. The highest BCUT2D eigenvalue weighted by molar-refractivity contribution is 7.15. The van der Waals surface area contributed by atoms with Crippen molar-refractivity contribution in [2.75, 3.05) is 0 Å². The van der Waals surface area contributed by atoms with E-state index in [1.165, 1.54) is 23.5 Å². The third kappa shape index (κ3) is 1.93. The van der Waals surface area contributed by atoms with Gasteiger partial charge in [0.1, 0.15) is 10.8 Å². The molecule has 1 aromatic carbocycles. The molecule has 0 radical (unpaired) electrons. The minimum Gasteiger partial charge on any atom is -0.326 e. The molecule has 0 unspecified atom stereocenters. The lowest BCUT2D eigenvalue weighted by Gasteiger charge is -2.00. The molecular formula is C13H13FN4S. The third-order valence-electron chi connectivity index (χ3n) is 3.06. The Labute approximate surface area is 113 Å². The fourth-order valence-electron chi connectivity index (χ4n) is 2.11. The molecule has 3 aromatic rings. The fourth-order valence-corrected chi connectivity index (χ4v) is 3.08. The number of aryl methyl sites for hydroxylation is 2. The van der Waals surface area contributed by atoms with Crippen LogP contribution in [0.4, 0.5) is 4.39 Å². The maximum Gasteiger partial charge on any atom is 0.152 e. The highest BCUT2D eigenvalue weighted by atomic mass is 32.1. The number of hydrogen-bond donors (Lipinski definition) is 1. The largest absolute Gasteiger partial charge is 0.326 e. The first-order chi connectivity index (χ1) is 9.10. The Morgan fingerprint density at radius 1 is 1.37 bits per heavy atom. The normalized spacial score (nSPS) is 11.4. The van der Waals surface area contributed by atoms with E-state index in [1.54, 1.807) is 6.07 Å². The van der Waals surface area contributed by atoms with Crippen LogP contribution in [-0.4, -0.2) is 14.5 Å². The van der Waals surface area contributed by atoms with Crippen LogP contribution in [-0.2, 0) is 13.6 Å². The Morgan fingerprint density at radius 2 is 2.16 bits per heavy atom. The molecule has 2 heterocycles. The van der Waals surface area contributed by atoms with Crippen LogP contribution in [0, 0.1) is 12.7 Å². The van der Waals surface area contributed by atoms with E-state index in [9.17, 15) is 4.39 Å². The number of imidazole rings is 1. The summed E-state index contributed by atoms with van der Waals surface area (Å²) in [4.78, 5) is 9.94. The summed E-state index contributed by atoms with van der Waals surface area (Å²) in [5, 5.41) is 0.880. The van der Waals surface area contributed by atoms with E-state index in [0.717, 1.165) is 32.4 Å². The Balaban J connectivity index is 2.24. The predicted octanol–water partition coefficient (Wildman–Crippen LogP) is 2.60. The summed E-state index contributed by atoms with van der Waals surface area (Å²) in [6.45, 7) is 2.36. The molecule has 3 rings (SSSR count). The minimum atomic E-state index is -0.259. The van der Waals surface area contributed by atoms with E-state index in [1.807, 2.05) is 18.5 Å². The number of hydrogen-bond acceptors (Lipinski definition) is 4. The van der Waals surface area contributed by atoms with E-state index >= 15 is 0 Å². The van der Waals surface area contributed by atoms with E-state index < -0.39 is 0 Å². The van der Waals surface area contributed by atoms with Crippen LogP contribution < -0.4 is 5.73 Å². The average Bonchev–Trinajstić information content (AvgIpc) is 2.91. The molecule has 2 aromatic heterocycles. The molecule has 0 aliphatic heterocycles. The van der Waals surface area contributed by atoms with Gasteiger partial charge < -0.3 is 10.3 Å². The maximum absolute atomic E-state index is 13.3. The second-order valence-corrected chi connectivity index (χ2v) is 5.44. The van der Waals surface area contributed by atoms with Crippen LogP contribution in [0.5, 0.6) is 0 Å². The van der Waals surface area contributed by atoms with Crippen LogP contribution in [0.15, 0.2) is 18.2 Å². The molecule has 4 nitrogen and oxygen atoms in total. The number of halogens is 1. The number of nitrogens with zero attached hydrogens (tertiary/aromatic N) is 3. The van der Waals surface area contributed by atoms with Gasteiger partial charge in [0.05, 0.1) is 21.6 Å². The van der Waals surface area contributed by atoms with Gasteiger partial charge in [0.25, 0.3) is 0 Å². The van der Waals surface area contributed by atoms with Gasteiger partial charge in [-0.3, -0.25) is 0 Å². The van der Waals surface area contributed by atoms with Crippen LogP contribution in [0.2, 0.25) is 0 Å². The van der Waals surface area contributed by atoms with Crippen LogP contribution in [0.1, 0.15) is 10.7 Å². The summed E-state index contributed by atoms with van der Waals surface area (Å²) < 4.78 is 15.2. The van der Waals surface area contributed by atoms with Gasteiger partial charge in [0.15, 0.2) is 5.82 Å². The van der Waals surface area contributed by atoms with Crippen molar-refractivity contribution in [1.29, 1.82) is 0 Å². The van der Waals surface area contributed by atoms with Gasteiger partial charge in [-0.05, 0) is 25.1 Å². The summed E-state index contributed by atoms with van der Waals surface area (Å²) in [6, 6.07) is 4.60. The molecule has 0 spiro atoms. The van der Waals surface area contributed by atoms with Gasteiger partial charge in [0.2, 0.25) is 0 Å². The van der Waals surface area contributed by atoms with Crippen LogP contribution in [0.3, 0.4) is 0 Å². The number of benzene rings is 1. The summed E-state index contributed by atoms with van der Waals surface area (Å²) in [6.07, 6.45) is 0. The average molecular weight is 276 g/mol. The highest BCUT2D eigenvalue weighted by Gasteiger charge is 2.16. The van der Waals surface area contributed by atoms with Gasteiger partial charge in [0, 0.05) is 13.6 Å². The first kappa shape index (κ1) is 12.3. The van der Waals surface area contributed by atoms with Gasteiger partial charge in [-0.25, -0.2) is 14.4 Å². The summed E-state index contributed by atoms with van der Waals surface area (Å²) in [5.41, 5.74) is 8.07. The number of thiazole rings is 1. The van der Waals surface area contributed by atoms with Crippen molar-refractivity contribution in [2.24, 2.45) is 12.8 Å². The van der Waals surface area contributed by atoms with E-state index in [-0.39, 0.29) is 5.82 Å². The lowest BCUT2D eigenvalue weighted by atomic mass is 10.3. The van der Waals surface area contributed by atoms with Crippen LogP contribution in [0.25, 0.3) is 21.7 Å². The van der Waals surface area contributed by atoms with E-state index in [2.05, 4.69) is 9.97 Å². The highest BCUT2D eigenvalue weighted by Crippen LogP contribution is 2.31. The van der Waals surface area contributed by atoms with Crippen molar-refractivity contribution < 1.29 is 4.39 Å². The summed E-state index contributed by atoms with van der Waals surface area (Å²) >= 11 is 1.53. The molecular weight excluding hydrogens is 263 g/mol. The molecule has 0 atom stereocenters. The molecule has 0 saturated carbocycles. The number of aromatic nitrogens is 3. The van der Waals surface area contributed by atoms with E-state index in [4.69, 9.17) is 5.73 Å². The van der Waals surface area contributed by atoms with Crippen molar-refractivity contribution in [1.82, 2.24) is 14.5 Å². The Morgan fingerprint density at radius 3 is 2.84 bits per heavy atom. The zero-order valence-electron chi connectivity index (χ0n) is 10.6. The molecule has 98 valence electrons. The Kier molecular flexibility index (Phi) is 2.83. The maximum atomic E-state index is 13.3. The monoisotopic (exact) mass is 276 g/mol. The second kappa shape index (κ2) is 4.40. The smallest absolute Gasteiger partial charge is 0.152 e. The van der Waals surface area contributed by atoms with Crippen LogP contribution >= 0.6 is 11.3 Å². The predicted molar refractivity (Wildman–Crippen MR) is 74.4 cm³/mol. The van der Waals surface area contributed by atoms with Gasteiger partial charge >= 0.3 is 0 Å². The zero-order valence-corrected chi connectivity index (χ0v) is 11.5. The van der Waals surface area contributed by atoms with Crippen molar-refractivity contribution in [3.63, 3.8) is 0 Å². The zero-order chi connectivity index (χ0) is 13.6. The van der Waals surface area contributed by atoms with Gasteiger partial charge in [-0.2, -0.15) is 0 Å². The lowest BCUT2D eigenvalue weighted by Crippen LogP contribution is -1.94. The number of fused-ring (bicyclic) bond motifs is 1. The number of nitrogens with two attached hydrogens (primary N) is 1. The minimum absolute atomic E-state index is 0.259. The summed E-state index contributed by atoms with van der Waals surface area (Å²) in [5.74, 6) is 0.543. The molecule has 19 heavy (non-hydrogen) atoms. The fraction of sp³-hybridized carbons (Fsp3) is 0.231. The first-order valence-corrected chi connectivity index (χ1v) is 6.70. The molecule has 6 heteroatoms.